The molecule has 0 amide bonds. The van der Waals surface area contributed by atoms with Crippen LogP contribution < -0.4 is 9.34 Å². The fourth-order valence-corrected chi connectivity index (χ4v) is 7.48. The smallest absolute Gasteiger partial charge is 0.313 e. The maximum Gasteiger partial charge on any atom is 0.313 e. The Hall–Kier alpha value is -3.21. The van der Waals surface area contributed by atoms with Gasteiger partial charge in [0.2, 0.25) is 0 Å². The quantitative estimate of drug-likeness (QED) is 0.325. The molecule has 0 spiro atoms. The molecular weight excluding hydrogens is 450 g/mol. The van der Waals surface area contributed by atoms with Gasteiger partial charge in [-0.15, -0.1) is 0 Å². The number of para-hydroxylation sites is 2. The Morgan fingerprint density at radius 1 is 0.971 bits per heavy atom. The molecule has 1 N–H and O–H groups in total. The Bertz CT molecular complexity index is 1080. The monoisotopic (exact) mass is 479 g/mol. The summed E-state index contributed by atoms with van der Waals surface area (Å²) in [5.74, 6) is -1.58. The molecule has 4 rings (SSSR count). The molecule has 3 aromatic carbocycles. The molecule has 177 valence electrons. The Morgan fingerprint density at radius 2 is 1.47 bits per heavy atom. The van der Waals surface area contributed by atoms with E-state index in [1.54, 1.807) is 19.1 Å². The second-order valence-corrected chi connectivity index (χ2v) is 10.8. The van der Waals surface area contributed by atoms with Crippen molar-refractivity contribution in [2.24, 2.45) is 5.92 Å². The molecule has 1 unspecified atom stereocenters. The fraction of sp³-hybridized carbons (Fsp3) is 0.222. The van der Waals surface area contributed by atoms with E-state index in [0.29, 0.717) is 18.4 Å². The third-order valence-electron chi connectivity index (χ3n) is 6.02. The van der Waals surface area contributed by atoms with Crippen LogP contribution >= 0.6 is 7.79 Å². The van der Waals surface area contributed by atoms with Crippen molar-refractivity contribution in [1.82, 2.24) is 0 Å². The van der Waals surface area contributed by atoms with Crippen molar-refractivity contribution in [3.63, 3.8) is 0 Å². The highest BCUT2D eigenvalue weighted by molar-refractivity contribution is 7.77. The van der Waals surface area contributed by atoms with Crippen molar-refractivity contribution < 1.29 is 18.8 Å². The van der Waals surface area contributed by atoms with E-state index in [4.69, 9.17) is 4.74 Å². The first-order valence-corrected chi connectivity index (χ1v) is 13.0. The number of nitrogens with zero attached hydrogens (tertiary/aromatic N) is 2. The number of hydrogen-bond acceptors (Lipinski definition) is 5. The molecule has 7 heteroatoms. The van der Waals surface area contributed by atoms with Crippen LogP contribution in [0.15, 0.2) is 96.8 Å². The molecule has 5 nitrogen and oxygen atoms in total. The largest absolute Gasteiger partial charge is 0.466 e. The maximum atomic E-state index is 13.5. The summed E-state index contributed by atoms with van der Waals surface area (Å²) in [4.78, 5) is 25.6. The molecule has 0 saturated carbocycles. The van der Waals surface area contributed by atoms with Gasteiger partial charge in [0.15, 0.2) is 7.79 Å². The molecule has 1 fully saturated rings. The van der Waals surface area contributed by atoms with Crippen LogP contribution in [0.2, 0.25) is 0 Å². The molecule has 1 radical (unpaired) electrons. The number of benzene rings is 3. The minimum atomic E-state index is -3.26. The summed E-state index contributed by atoms with van der Waals surface area (Å²) in [6.07, 6.45) is 0.255. The van der Waals surface area contributed by atoms with Gasteiger partial charge in [-0.05, 0) is 55.3 Å². The summed E-state index contributed by atoms with van der Waals surface area (Å²) in [7, 11) is -3.26. The first kappa shape index (κ1) is 23.9. The molecule has 0 aliphatic carbocycles. The van der Waals surface area contributed by atoms with Gasteiger partial charge in [0, 0.05) is 29.8 Å². The zero-order valence-electron chi connectivity index (χ0n) is 19.2. The van der Waals surface area contributed by atoms with Crippen LogP contribution in [0.1, 0.15) is 12.5 Å². The summed E-state index contributed by atoms with van der Waals surface area (Å²) in [6.45, 7) is 7.44. The predicted molar refractivity (Wildman–Crippen MR) is 136 cm³/mol. The highest BCUT2D eigenvalue weighted by Gasteiger charge is 2.50. The van der Waals surface area contributed by atoms with E-state index in [1.165, 1.54) is 12.1 Å². The van der Waals surface area contributed by atoms with Crippen molar-refractivity contribution in [3.05, 3.63) is 108 Å². The van der Waals surface area contributed by atoms with Crippen molar-refractivity contribution in [2.75, 3.05) is 29.0 Å². The van der Waals surface area contributed by atoms with Crippen LogP contribution in [-0.4, -0.2) is 30.6 Å². The minimum Gasteiger partial charge on any atom is -0.466 e. The molecular formula is C27H29FN2O3P. The Kier molecular flexibility index (Phi) is 7.30. The second kappa shape index (κ2) is 10.4. The highest BCUT2D eigenvalue weighted by Crippen LogP contribution is 2.73. The van der Waals surface area contributed by atoms with Crippen LogP contribution in [0.25, 0.3) is 0 Å². The predicted octanol–water partition coefficient (Wildman–Crippen LogP) is 5.84. The number of halogens is 1. The van der Waals surface area contributed by atoms with E-state index in [-0.39, 0.29) is 18.8 Å². The van der Waals surface area contributed by atoms with Crippen molar-refractivity contribution >= 4 is 25.1 Å². The van der Waals surface area contributed by atoms with Crippen LogP contribution in [0.5, 0.6) is 0 Å². The van der Waals surface area contributed by atoms with E-state index in [2.05, 4.69) is 6.58 Å². The number of esters is 1. The van der Waals surface area contributed by atoms with Crippen LogP contribution in [0, 0.1) is 11.7 Å². The number of hydrogen-bond donors (Lipinski definition) is 1. The van der Waals surface area contributed by atoms with Gasteiger partial charge in [0.05, 0.1) is 12.5 Å². The Morgan fingerprint density at radius 3 is 1.94 bits per heavy atom. The first-order valence-electron chi connectivity index (χ1n) is 11.3. The lowest BCUT2D eigenvalue weighted by atomic mass is 9.99. The van der Waals surface area contributed by atoms with E-state index in [0.717, 1.165) is 16.9 Å². The third-order valence-corrected chi connectivity index (χ3v) is 9.31. The van der Waals surface area contributed by atoms with Gasteiger partial charge >= 0.3 is 5.97 Å². The van der Waals surface area contributed by atoms with Crippen molar-refractivity contribution in [3.8, 4) is 0 Å². The van der Waals surface area contributed by atoms with Crippen molar-refractivity contribution in [1.29, 1.82) is 0 Å². The molecule has 34 heavy (non-hydrogen) atoms. The van der Waals surface area contributed by atoms with Gasteiger partial charge in [-0.1, -0.05) is 55.1 Å². The first-order chi connectivity index (χ1) is 16.4. The minimum absolute atomic E-state index is 0.216. The second-order valence-electron chi connectivity index (χ2n) is 8.11. The SMILES string of the molecule is C=C(C(Cc1ccc(F)cc1)C(=O)OCC)[P]1(O)N(c2ccccc2)CCN1c1ccccc1. The van der Waals surface area contributed by atoms with Gasteiger partial charge in [-0.25, -0.2) is 4.39 Å². The molecule has 1 atom stereocenters. The van der Waals surface area contributed by atoms with Crippen LogP contribution in [0.4, 0.5) is 15.8 Å². The molecule has 0 aromatic heterocycles. The molecule has 1 aliphatic rings. The lowest BCUT2D eigenvalue weighted by Crippen LogP contribution is -2.32. The zero-order chi connectivity index (χ0) is 24.1. The molecule has 1 saturated heterocycles. The van der Waals surface area contributed by atoms with E-state index in [1.807, 2.05) is 70.0 Å². The molecule has 1 heterocycles. The Balaban J connectivity index is 1.78. The Labute approximate surface area is 200 Å². The van der Waals surface area contributed by atoms with Gasteiger partial charge in [-0.3, -0.25) is 4.79 Å². The third kappa shape index (κ3) is 4.70. The number of rotatable bonds is 8. The average Bonchev–Trinajstić information content (AvgIpc) is 3.22. The van der Waals surface area contributed by atoms with Gasteiger partial charge in [0.1, 0.15) is 5.82 Å². The zero-order valence-corrected chi connectivity index (χ0v) is 20.1. The van der Waals surface area contributed by atoms with Gasteiger partial charge < -0.3 is 19.0 Å². The summed E-state index contributed by atoms with van der Waals surface area (Å²) in [5, 5.41) is 0.417. The van der Waals surface area contributed by atoms with Crippen LogP contribution in [-0.2, 0) is 16.0 Å². The number of carbonyl (C=O) groups is 1. The summed E-state index contributed by atoms with van der Waals surface area (Å²) in [5.41, 5.74) is 2.49. The van der Waals surface area contributed by atoms with Crippen LogP contribution in [0.3, 0.4) is 0 Å². The summed E-state index contributed by atoms with van der Waals surface area (Å²) >= 11 is 0. The van der Waals surface area contributed by atoms with Gasteiger partial charge in [0.25, 0.3) is 0 Å². The highest BCUT2D eigenvalue weighted by atomic mass is 31.2. The average molecular weight is 480 g/mol. The standard InChI is InChI=1S/C27H29FN2O3P/c1-3-33-27(31)26(20-22-14-16-23(28)17-15-22)21(2)34(32)29(24-10-6-4-7-11-24)18-19-30(34)25-12-8-5-9-13-25/h4-17,26,32H,2-3,18-20H2,1H3. The lowest BCUT2D eigenvalue weighted by Gasteiger charge is -2.45. The van der Waals surface area contributed by atoms with Crippen molar-refractivity contribution in [2.45, 2.75) is 13.3 Å². The molecule has 3 aromatic rings. The van der Waals surface area contributed by atoms with E-state index >= 15 is 0 Å². The summed E-state index contributed by atoms with van der Waals surface area (Å²) < 4.78 is 22.8. The lowest BCUT2D eigenvalue weighted by molar-refractivity contribution is -0.146. The molecule has 0 bridgehead atoms. The number of carbonyl (C=O) groups excluding carboxylic acids is 1. The molecule has 1 aliphatic heterocycles. The number of ether oxygens (including phenoxy) is 1. The normalized spacial score (nSPS) is 15.7. The van der Waals surface area contributed by atoms with Gasteiger partial charge in [-0.2, -0.15) is 0 Å². The summed E-state index contributed by atoms with van der Waals surface area (Å²) in [6, 6.07) is 25.4. The van der Waals surface area contributed by atoms with E-state index in [9.17, 15) is 14.1 Å². The number of anilines is 2. The topological polar surface area (TPSA) is 53.0 Å². The maximum absolute atomic E-state index is 13.5. The van der Waals surface area contributed by atoms with E-state index < -0.39 is 19.7 Å². The fourth-order valence-electron chi connectivity index (χ4n) is 4.33.